The summed E-state index contributed by atoms with van der Waals surface area (Å²) in [6.07, 6.45) is 1.40. The second-order valence-corrected chi connectivity index (χ2v) is 8.76. The molecule has 0 atom stereocenters. The van der Waals surface area contributed by atoms with Gasteiger partial charge in [0.1, 0.15) is 5.69 Å². The molecule has 1 aromatic heterocycles. The number of pyridine rings is 1. The van der Waals surface area contributed by atoms with E-state index < -0.39 is 21.5 Å². The molecule has 30 heavy (non-hydrogen) atoms. The molecule has 0 aliphatic carbocycles. The molecule has 2 aromatic rings. The normalized spacial score (nSPS) is 11.4. The Bertz CT molecular complexity index is 1100. The predicted octanol–water partition coefficient (Wildman–Crippen LogP) is 1.37. The highest BCUT2D eigenvalue weighted by atomic mass is 32.2. The lowest BCUT2D eigenvalue weighted by atomic mass is 10.2. The number of hydrogen-bond donors (Lipinski definition) is 1. The summed E-state index contributed by atoms with van der Waals surface area (Å²) in [5.41, 5.74) is -0.0904. The van der Waals surface area contributed by atoms with Gasteiger partial charge in [-0.15, -0.1) is 0 Å². The van der Waals surface area contributed by atoms with Crippen LogP contribution in [0.25, 0.3) is 0 Å². The Morgan fingerprint density at radius 1 is 1.03 bits per heavy atom. The highest BCUT2D eigenvalue weighted by Crippen LogP contribution is 2.17. The fourth-order valence-corrected chi connectivity index (χ4v) is 4.32. The average molecular weight is 435 g/mol. The van der Waals surface area contributed by atoms with Crippen LogP contribution in [0.1, 0.15) is 34.6 Å². The van der Waals surface area contributed by atoms with Crippen LogP contribution in [0.2, 0.25) is 0 Å². The number of carbonyl (C=O) groups excluding carboxylic acids is 2. The molecule has 0 bridgehead atoms. The van der Waals surface area contributed by atoms with Crippen LogP contribution >= 0.6 is 0 Å². The van der Waals surface area contributed by atoms with Gasteiger partial charge in [0.15, 0.2) is 0 Å². The van der Waals surface area contributed by atoms with E-state index in [-0.39, 0.29) is 27.6 Å². The first-order valence-corrected chi connectivity index (χ1v) is 10.8. The Balaban J connectivity index is 2.31. The molecule has 0 unspecified atom stereocenters. The molecular formula is C20H26N4O5S. The molecule has 0 aliphatic heterocycles. The van der Waals surface area contributed by atoms with Crippen molar-refractivity contribution >= 4 is 27.5 Å². The van der Waals surface area contributed by atoms with E-state index >= 15 is 0 Å². The zero-order valence-corrected chi connectivity index (χ0v) is 18.5. The van der Waals surface area contributed by atoms with E-state index in [1.54, 1.807) is 27.9 Å². The number of rotatable bonds is 7. The van der Waals surface area contributed by atoms with Gasteiger partial charge in [-0.3, -0.25) is 14.4 Å². The van der Waals surface area contributed by atoms with Crippen LogP contribution in [0.4, 0.5) is 5.69 Å². The second-order valence-electron chi connectivity index (χ2n) is 6.83. The summed E-state index contributed by atoms with van der Waals surface area (Å²) < 4.78 is 27.6. The zero-order valence-electron chi connectivity index (χ0n) is 17.7. The molecule has 0 saturated carbocycles. The number of anilines is 1. The number of nitrogens with one attached hydrogen (secondary N) is 1. The van der Waals surface area contributed by atoms with Crippen LogP contribution in [0.5, 0.6) is 0 Å². The van der Waals surface area contributed by atoms with Gasteiger partial charge < -0.3 is 14.8 Å². The molecule has 0 saturated heterocycles. The van der Waals surface area contributed by atoms with E-state index in [1.165, 1.54) is 57.3 Å². The van der Waals surface area contributed by atoms with Crippen molar-refractivity contribution in [2.75, 3.05) is 32.5 Å². The Labute approximate surface area is 176 Å². The molecule has 1 heterocycles. The third-order valence-electron chi connectivity index (χ3n) is 4.54. The first-order valence-electron chi connectivity index (χ1n) is 9.36. The lowest BCUT2D eigenvalue weighted by Crippen LogP contribution is -2.30. The van der Waals surface area contributed by atoms with E-state index in [1.807, 2.05) is 0 Å². The maximum Gasteiger partial charge on any atom is 0.274 e. The SMILES string of the molecule is CCN(CC)S(=O)(=O)c1ccc(C(=O)Nc2cc(C(=O)N(C)C)cn(C)c2=O)cc1. The minimum atomic E-state index is -3.63. The third kappa shape index (κ3) is 4.77. The number of sulfonamides is 1. The number of benzene rings is 1. The van der Waals surface area contributed by atoms with Crippen LogP contribution < -0.4 is 10.9 Å². The maximum absolute atomic E-state index is 12.6. The van der Waals surface area contributed by atoms with Gasteiger partial charge >= 0.3 is 0 Å². The molecule has 9 nitrogen and oxygen atoms in total. The minimum Gasteiger partial charge on any atom is -0.345 e. The van der Waals surface area contributed by atoms with Gasteiger partial charge in [-0.2, -0.15) is 4.31 Å². The lowest BCUT2D eigenvalue weighted by Gasteiger charge is -2.18. The predicted molar refractivity (Wildman–Crippen MR) is 114 cm³/mol. The standard InChI is InChI=1S/C20H26N4O5S/c1-6-24(7-2)30(28,29)16-10-8-14(9-11-16)18(25)21-17-12-15(19(26)22(3)4)13-23(5)20(17)27/h8-13H,6-7H2,1-5H3,(H,21,25). The highest BCUT2D eigenvalue weighted by Gasteiger charge is 2.22. The molecule has 2 rings (SSSR count). The highest BCUT2D eigenvalue weighted by molar-refractivity contribution is 7.89. The number of amides is 2. The van der Waals surface area contributed by atoms with Gasteiger partial charge in [-0.05, 0) is 30.3 Å². The van der Waals surface area contributed by atoms with E-state index in [2.05, 4.69) is 5.32 Å². The molecule has 2 amide bonds. The fraction of sp³-hybridized carbons (Fsp3) is 0.350. The monoisotopic (exact) mass is 434 g/mol. The van der Waals surface area contributed by atoms with Gasteiger partial charge in [0.2, 0.25) is 10.0 Å². The molecule has 0 radical (unpaired) electrons. The van der Waals surface area contributed by atoms with Crippen molar-refractivity contribution in [2.24, 2.45) is 7.05 Å². The summed E-state index contributed by atoms with van der Waals surface area (Å²) in [6.45, 7) is 4.18. The quantitative estimate of drug-likeness (QED) is 0.708. The lowest BCUT2D eigenvalue weighted by molar-refractivity contribution is 0.0826. The van der Waals surface area contributed by atoms with Crippen molar-refractivity contribution in [2.45, 2.75) is 18.7 Å². The Morgan fingerprint density at radius 3 is 2.10 bits per heavy atom. The number of aryl methyl sites for hydroxylation is 1. The summed E-state index contributed by atoms with van der Waals surface area (Å²) in [5.74, 6) is -0.902. The number of aromatic nitrogens is 1. The van der Waals surface area contributed by atoms with Crippen LogP contribution in [-0.4, -0.2) is 61.2 Å². The van der Waals surface area contributed by atoms with Crippen LogP contribution in [0.15, 0.2) is 46.2 Å². The van der Waals surface area contributed by atoms with Crippen LogP contribution in [0, 0.1) is 0 Å². The summed E-state index contributed by atoms with van der Waals surface area (Å²) in [5, 5.41) is 2.50. The molecule has 0 aliphatic rings. The van der Waals surface area contributed by atoms with Crippen molar-refractivity contribution in [3.8, 4) is 0 Å². The van der Waals surface area contributed by atoms with Crippen molar-refractivity contribution in [1.82, 2.24) is 13.8 Å². The number of carbonyl (C=O) groups is 2. The van der Waals surface area contributed by atoms with Gasteiger partial charge in [-0.1, -0.05) is 13.8 Å². The van der Waals surface area contributed by atoms with Gasteiger partial charge in [0.25, 0.3) is 17.4 Å². The topological polar surface area (TPSA) is 109 Å². The fourth-order valence-electron chi connectivity index (χ4n) is 2.86. The first-order chi connectivity index (χ1) is 14.0. The van der Waals surface area contributed by atoms with Gasteiger partial charge in [-0.25, -0.2) is 8.42 Å². The molecule has 1 aromatic carbocycles. The Hall–Kier alpha value is -2.98. The Kier molecular flexibility index (Phi) is 7.16. The van der Waals surface area contributed by atoms with E-state index in [4.69, 9.17) is 0 Å². The summed E-state index contributed by atoms with van der Waals surface area (Å²) >= 11 is 0. The van der Waals surface area contributed by atoms with E-state index in [9.17, 15) is 22.8 Å². The van der Waals surface area contributed by atoms with Gasteiger partial charge in [0.05, 0.1) is 10.5 Å². The van der Waals surface area contributed by atoms with Gasteiger partial charge in [0, 0.05) is 46.0 Å². The zero-order chi connectivity index (χ0) is 22.6. The largest absolute Gasteiger partial charge is 0.345 e. The number of hydrogen-bond acceptors (Lipinski definition) is 5. The summed E-state index contributed by atoms with van der Waals surface area (Å²) in [6, 6.07) is 6.79. The smallest absolute Gasteiger partial charge is 0.274 e. The molecule has 162 valence electrons. The minimum absolute atomic E-state index is 0.0463. The Morgan fingerprint density at radius 2 is 1.60 bits per heavy atom. The molecule has 0 fully saturated rings. The van der Waals surface area contributed by atoms with Crippen LogP contribution in [0.3, 0.4) is 0 Å². The molecule has 1 N–H and O–H groups in total. The van der Waals surface area contributed by atoms with E-state index in [0.29, 0.717) is 13.1 Å². The molecule has 0 spiro atoms. The van der Waals surface area contributed by atoms with Crippen LogP contribution in [-0.2, 0) is 17.1 Å². The number of nitrogens with zero attached hydrogens (tertiary/aromatic N) is 3. The second kappa shape index (κ2) is 9.23. The van der Waals surface area contributed by atoms with Crippen molar-refractivity contribution in [3.05, 3.63) is 58.0 Å². The summed E-state index contributed by atoms with van der Waals surface area (Å²) in [7, 11) is 1.02. The van der Waals surface area contributed by atoms with Crippen molar-refractivity contribution in [1.29, 1.82) is 0 Å². The molecule has 10 heteroatoms. The van der Waals surface area contributed by atoms with Crippen molar-refractivity contribution < 1.29 is 18.0 Å². The van der Waals surface area contributed by atoms with Crippen molar-refractivity contribution in [3.63, 3.8) is 0 Å². The summed E-state index contributed by atoms with van der Waals surface area (Å²) in [4.78, 5) is 38.6. The molecular weight excluding hydrogens is 408 g/mol. The first kappa shape index (κ1) is 23.3. The maximum atomic E-state index is 12.6. The average Bonchev–Trinajstić information content (AvgIpc) is 2.71. The van der Waals surface area contributed by atoms with E-state index in [0.717, 1.165) is 0 Å². The third-order valence-corrected chi connectivity index (χ3v) is 6.61.